The molecule has 0 bridgehead atoms. The molecule has 2 aromatic rings. The number of anilines is 1. The summed E-state index contributed by atoms with van der Waals surface area (Å²) in [4.78, 5) is 16.1. The van der Waals surface area contributed by atoms with Crippen LogP contribution < -0.4 is 10.6 Å². The number of carbonyl (C=O) groups is 1. The molecule has 0 unspecified atom stereocenters. The summed E-state index contributed by atoms with van der Waals surface area (Å²) in [5.74, 6) is -0.0438. The Balaban J connectivity index is 2.09. The molecule has 2 rings (SSSR count). The minimum atomic E-state index is -0.452. The van der Waals surface area contributed by atoms with Gasteiger partial charge in [0.15, 0.2) is 5.82 Å². The van der Waals surface area contributed by atoms with Crippen LogP contribution in [-0.2, 0) is 6.54 Å². The first kappa shape index (κ1) is 15.0. The third-order valence-corrected chi connectivity index (χ3v) is 2.79. The van der Waals surface area contributed by atoms with Crippen molar-refractivity contribution in [1.29, 1.82) is 0 Å². The number of hydrogen-bond donors (Lipinski definition) is 2. The van der Waals surface area contributed by atoms with Gasteiger partial charge in [0.1, 0.15) is 5.82 Å². The maximum absolute atomic E-state index is 13.8. The van der Waals surface area contributed by atoms with Crippen molar-refractivity contribution in [3.05, 3.63) is 41.3 Å². The van der Waals surface area contributed by atoms with E-state index in [0.29, 0.717) is 18.3 Å². The third kappa shape index (κ3) is 3.77. The van der Waals surface area contributed by atoms with Crippen molar-refractivity contribution < 1.29 is 13.7 Å². The second-order valence-corrected chi connectivity index (χ2v) is 4.50. The Bertz CT molecular complexity index is 627. The lowest BCUT2D eigenvalue weighted by molar-refractivity contribution is 0.0950. The number of aryl methyl sites for hydroxylation is 1. The average Bonchev–Trinajstić information content (AvgIpc) is 2.89. The van der Waals surface area contributed by atoms with Gasteiger partial charge in [0.25, 0.3) is 5.91 Å². The highest BCUT2D eigenvalue weighted by molar-refractivity contribution is 5.99. The summed E-state index contributed by atoms with van der Waals surface area (Å²) < 4.78 is 18.6. The van der Waals surface area contributed by atoms with Crippen LogP contribution in [0.1, 0.15) is 35.4 Å². The van der Waals surface area contributed by atoms with E-state index in [2.05, 4.69) is 20.8 Å². The fourth-order valence-electron chi connectivity index (χ4n) is 1.81. The highest BCUT2D eigenvalue weighted by Gasteiger charge is 2.15. The number of halogens is 1. The highest BCUT2D eigenvalue weighted by atomic mass is 19.1. The Morgan fingerprint density at radius 2 is 2.24 bits per heavy atom. The van der Waals surface area contributed by atoms with Gasteiger partial charge in [0, 0.05) is 13.5 Å². The Morgan fingerprint density at radius 1 is 1.43 bits per heavy atom. The zero-order chi connectivity index (χ0) is 15.2. The molecule has 21 heavy (non-hydrogen) atoms. The largest absolute Gasteiger partial charge is 0.382 e. The number of carbonyl (C=O) groups excluding carboxylic acids is 1. The minimum absolute atomic E-state index is 0.125. The molecule has 2 N–H and O–H groups in total. The Labute approximate surface area is 121 Å². The van der Waals surface area contributed by atoms with Gasteiger partial charge in [-0.25, -0.2) is 4.39 Å². The Morgan fingerprint density at radius 3 is 2.90 bits per heavy atom. The lowest BCUT2D eigenvalue weighted by Crippen LogP contribution is -2.25. The molecular formula is C14H17FN4O2. The van der Waals surface area contributed by atoms with Crippen molar-refractivity contribution in [2.75, 3.05) is 11.9 Å². The summed E-state index contributed by atoms with van der Waals surface area (Å²) in [6, 6.07) is 4.38. The number of nitrogens with one attached hydrogen (secondary N) is 2. The molecule has 7 heteroatoms. The molecule has 0 aliphatic heterocycles. The van der Waals surface area contributed by atoms with Crippen LogP contribution in [0.25, 0.3) is 0 Å². The van der Waals surface area contributed by atoms with Crippen LogP contribution in [0.4, 0.5) is 10.1 Å². The van der Waals surface area contributed by atoms with Crippen molar-refractivity contribution in [2.24, 2.45) is 0 Å². The lowest BCUT2D eigenvalue weighted by atomic mass is 10.1. The van der Waals surface area contributed by atoms with Gasteiger partial charge in [0.05, 0.1) is 17.8 Å². The van der Waals surface area contributed by atoms with E-state index in [1.54, 1.807) is 13.0 Å². The van der Waals surface area contributed by atoms with Crippen LogP contribution in [0.2, 0.25) is 0 Å². The zero-order valence-corrected chi connectivity index (χ0v) is 11.9. The van der Waals surface area contributed by atoms with Crippen LogP contribution >= 0.6 is 0 Å². The van der Waals surface area contributed by atoms with E-state index in [-0.39, 0.29) is 17.8 Å². The van der Waals surface area contributed by atoms with Crippen molar-refractivity contribution in [3.63, 3.8) is 0 Å². The number of amides is 1. The van der Waals surface area contributed by atoms with E-state index < -0.39 is 11.7 Å². The third-order valence-electron chi connectivity index (χ3n) is 2.79. The van der Waals surface area contributed by atoms with Crippen molar-refractivity contribution >= 4 is 11.6 Å². The lowest BCUT2D eigenvalue weighted by Gasteiger charge is -2.12. The fourth-order valence-corrected chi connectivity index (χ4v) is 1.81. The van der Waals surface area contributed by atoms with Gasteiger partial charge < -0.3 is 15.2 Å². The van der Waals surface area contributed by atoms with E-state index in [1.807, 2.05) is 6.92 Å². The molecule has 1 aromatic heterocycles. The molecule has 6 nitrogen and oxygen atoms in total. The minimum Gasteiger partial charge on any atom is -0.382 e. The molecule has 0 aliphatic carbocycles. The molecule has 0 aliphatic rings. The average molecular weight is 292 g/mol. The second kappa shape index (κ2) is 6.83. The van der Waals surface area contributed by atoms with Crippen molar-refractivity contribution in [2.45, 2.75) is 26.8 Å². The summed E-state index contributed by atoms with van der Waals surface area (Å²) >= 11 is 0. The highest BCUT2D eigenvalue weighted by Crippen LogP contribution is 2.19. The zero-order valence-electron chi connectivity index (χ0n) is 11.9. The fraction of sp³-hybridized carbons (Fsp3) is 0.357. The first-order valence-corrected chi connectivity index (χ1v) is 6.71. The van der Waals surface area contributed by atoms with E-state index in [1.165, 1.54) is 12.1 Å². The standard InChI is InChI=1S/C14H17FN4O2/c1-3-7-16-13-10(5-4-6-11(13)15)14(20)17-8-12-18-9(2)21-19-12/h4-6,16H,3,7-8H2,1-2H3,(H,17,20). The summed E-state index contributed by atoms with van der Waals surface area (Å²) in [7, 11) is 0. The molecule has 0 atom stereocenters. The number of hydrogen-bond acceptors (Lipinski definition) is 5. The smallest absolute Gasteiger partial charge is 0.253 e. The Hall–Kier alpha value is -2.44. The predicted octanol–water partition coefficient (Wildman–Crippen LogP) is 2.27. The van der Waals surface area contributed by atoms with Gasteiger partial charge in [-0.1, -0.05) is 18.1 Å². The SMILES string of the molecule is CCCNc1c(F)cccc1C(=O)NCc1noc(C)n1. The number of rotatable bonds is 6. The molecular weight excluding hydrogens is 275 g/mol. The summed E-state index contributed by atoms with van der Waals surface area (Å²) in [6.07, 6.45) is 0.831. The van der Waals surface area contributed by atoms with Crippen LogP contribution in [-0.4, -0.2) is 22.6 Å². The normalized spacial score (nSPS) is 10.4. The van der Waals surface area contributed by atoms with Crippen molar-refractivity contribution in [3.8, 4) is 0 Å². The van der Waals surface area contributed by atoms with E-state index in [0.717, 1.165) is 6.42 Å². The summed E-state index contributed by atoms with van der Waals surface area (Å²) in [5, 5.41) is 9.25. The Kier molecular flexibility index (Phi) is 4.86. The van der Waals surface area contributed by atoms with E-state index in [9.17, 15) is 9.18 Å². The van der Waals surface area contributed by atoms with E-state index >= 15 is 0 Å². The number of para-hydroxylation sites is 1. The monoisotopic (exact) mass is 292 g/mol. The second-order valence-electron chi connectivity index (χ2n) is 4.50. The van der Waals surface area contributed by atoms with Gasteiger partial charge in [-0.05, 0) is 18.6 Å². The molecule has 0 saturated heterocycles. The molecule has 112 valence electrons. The quantitative estimate of drug-likeness (QED) is 0.853. The van der Waals surface area contributed by atoms with Crippen LogP contribution in [0.5, 0.6) is 0 Å². The van der Waals surface area contributed by atoms with Crippen LogP contribution in [0.15, 0.2) is 22.7 Å². The van der Waals surface area contributed by atoms with Gasteiger partial charge in [-0.15, -0.1) is 0 Å². The van der Waals surface area contributed by atoms with Gasteiger partial charge in [0.2, 0.25) is 5.89 Å². The van der Waals surface area contributed by atoms with E-state index in [4.69, 9.17) is 4.52 Å². The van der Waals surface area contributed by atoms with Crippen LogP contribution in [0, 0.1) is 12.7 Å². The topological polar surface area (TPSA) is 80.0 Å². The molecule has 0 fully saturated rings. The summed E-state index contributed by atoms with van der Waals surface area (Å²) in [5.41, 5.74) is 0.463. The van der Waals surface area contributed by atoms with Gasteiger partial charge in [-0.2, -0.15) is 4.98 Å². The van der Waals surface area contributed by atoms with Crippen molar-refractivity contribution in [1.82, 2.24) is 15.5 Å². The maximum atomic E-state index is 13.8. The molecule has 0 radical (unpaired) electrons. The number of aromatic nitrogens is 2. The van der Waals surface area contributed by atoms with Gasteiger partial charge in [-0.3, -0.25) is 4.79 Å². The first-order chi connectivity index (χ1) is 10.1. The number of benzene rings is 1. The maximum Gasteiger partial charge on any atom is 0.253 e. The number of nitrogens with zero attached hydrogens (tertiary/aromatic N) is 2. The van der Waals surface area contributed by atoms with Gasteiger partial charge >= 0.3 is 0 Å². The molecule has 0 spiro atoms. The molecule has 1 heterocycles. The molecule has 0 saturated carbocycles. The molecule has 1 aromatic carbocycles. The summed E-state index contributed by atoms with van der Waals surface area (Å²) in [6.45, 7) is 4.34. The van der Waals surface area contributed by atoms with Crippen LogP contribution in [0.3, 0.4) is 0 Å². The predicted molar refractivity (Wildman–Crippen MR) is 75.4 cm³/mol. The molecule has 1 amide bonds. The first-order valence-electron chi connectivity index (χ1n) is 6.71.